The monoisotopic (exact) mass is 411 g/mol. The number of piperazine rings is 1. The number of rotatable bonds is 7. The van der Waals surface area contributed by atoms with Crippen molar-refractivity contribution in [2.24, 2.45) is 5.92 Å². The lowest BCUT2D eigenvalue weighted by Gasteiger charge is -2.35. The molecule has 6 heteroatoms. The molecule has 0 radical (unpaired) electrons. The summed E-state index contributed by atoms with van der Waals surface area (Å²) in [5.41, 5.74) is 6.77. The van der Waals surface area contributed by atoms with Gasteiger partial charge in [-0.05, 0) is 69.5 Å². The molecule has 0 bridgehead atoms. The van der Waals surface area contributed by atoms with Crippen LogP contribution in [0.5, 0.6) is 0 Å². The van der Waals surface area contributed by atoms with Crippen molar-refractivity contribution in [2.45, 2.75) is 54.0 Å². The maximum absolute atomic E-state index is 12.6. The number of nitrogens with one attached hydrogen (secondary N) is 1. The Morgan fingerprint density at radius 3 is 2.47 bits per heavy atom. The third-order valence-corrected chi connectivity index (χ3v) is 6.00. The summed E-state index contributed by atoms with van der Waals surface area (Å²) < 4.78 is 2.08. The van der Waals surface area contributed by atoms with Gasteiger partial charge in [0.2, 0.25) is 5.91 Å². The van der Waals surface area contributed by atoms with Crippen molar-refractivity contribution in [2.75, 3.05) is 43.4 Å². The molecule has 3 rings (SSSR count). The number of amides is 1. The van der Waals surface area contributed by atoms with Crippen LogP contribution in [0.2, 0.25) is 0 Å². The molecule has 0 aliphatic carbocycles. The van der Waals surface area contributed by atoms with Gasteiger partial charge >= 0.3 is 0 Å². The maximum Gasteiger partial charge on any atom is 0.224 e. The van der Waals surface area contributed by atoms with Crippen LogP contribution in [0.25, 0.3) is 0 Å². The van der Waals surface area contributed by atoms with Crippen molar-refractivity contribution in [1.82, 2.24) is 14.7 Å². The molecule has 1 aliphatic rings. The molecule has 0 saturated carbocycles. The molecule has 2 aromatic rings. The number of hydrogen-bond acceptors (Lipinski definition) is 4. The lowest BCUT2D eigenvalue weighted by atomic mass is 10.1. The van der Waals surface area contributed by atoms with E-state index in [1.54, 1.807) is 0 Å². The molecule has 1 amide bonds. The van der Waals surface area contributed by atoms with E-state index < -0.39 is 0 Å². The fraction of sp³-hybridized carbons (Fsp3) is 0.583. The quantitative estimate of drug-likeness (QED) is 0.753. The fourth-order valence-electron chi connectivity index (χ4n) is 4.22. The van der Waals surface area contributed by atoms with Gasteiger partial charge in [-0.1, -0.05) is 13.8 Å². The van der Waals surface area contributed by atoms with Gasteiger partial charge in [-0.25, -0.2) is 0 Å². The summed E-state index contributed by atoms with van der Waals surface area (Å²) in [5.74, 6) is 0.605. The Kier molecular flexibility index (Phi) is 7.19. The van der Waals surface area contributed by atoms with Crippen molar-refractivity contribution in [1.29, 1.82) is 0 Å². The molecule has 30 heavy (non-hydrogen) atoms. The molecular weight excluding hydrogens is 374 g/mol. The first kappa shape index (κ1) is 22.3. The van der Waals surface area contributed by atoms with Crippen LogP contribution >= 0.6 is 0 Å². The van der Waals surface area contributed by atoms with E-state index in [1.165, 1.54) is 22.5 Å². The van der Waals surface area contributed by atoms with Crippen molar-refractivity contribution in [3.63, 3.8) is 0 Å². The van der Waals surface area contributed by atoms with E-state index in [2.05, 4.69) is 71.8 Å². The summed E-state index contributed by atoms with van der Waals surface area (Å²) in [6, 6.07) is 6.25. The summed E-state index contributed by atoms with van der Waals surface area (Å²) in [5, 5.41) is 7.74. The standard InChI is InChI=1S/C24H37N5O/c1-17(2)16-29-20(5)22(19(4)26-29)8-10-24(30)25-21-7-9-23(18(3)15-21)28-13-11-27(6)12-14-28/h7,9,15,17H,8,10-14,16H2,1-6H3,(H,25,30). The van der Waals surface area contributed by atoms with E-state index in [0.29, 0.717) is 12.3 Å². The predicted octanol–water partition coefficient (Wildman–Crippen LogP) is 3.79. The second-order valence-corrected chi connectivity index (χ2v) is 9.07. The zero-order valence-corrected chi connectivity index (χ0v) is 19.5. The molecule has 164 valence electrons. The number of benzene rings is 1. The van der Waals surface area contributed by atoms with Crippen LogP contribution in [0, 0.1) is 26.7 Å². The number of carbonyl (C=O) groups is 1. The Labute approximate surface area is 181 Å². The fourth-order valence-corrected chi connectivity index (χ4v) is 4.22. The van der Waals surface area contributed by atoms with Crippen LogP contribution in [-0.2, 0) is 17.8 Å². The minimum absolute atomic E-state index is 0.0529. The van der Waals surface area contributed by atoms with Gasteiger partial charge in [0, 0.05) is 56.2 Å². The van der Waals surface area contributed by atoms with E-state index >= 15 is 0 Å². The van der Waals surface area contributed by atoms with Gasteiger partial charge in [0.15, 0.2) is 0 Å². The molecule has 1 aromatic heterocycles. The molecule has 1 aromatic carbocycles. The highest BCUT2D eigenvalue weighted by Gasteiger charge is 2.17. The van der Waals surface area contributed by atoms with Gasteiger partial charge in [0.25, 0.3) is 0 Å². The average molecular weight is 412 g/mol. The van der Waals surface area contributed by atoms with Crippen LogP contribution in [0.4, 0.5) is 11.4 Å². The highest BCUT2D eigenvalue weighted by atomic mass is 16.1. The number of aryl methyl sites for hydroxylation is 2. The second-order valence-electron chi connectivity index (χ2n) is 9.07. The van der Waals surface area contributed by atoms with Gasteiger partial charge < -0.3 is 15.1 Å². The molecule has 2 heterocycles. The molecule has 1 aliphatic heterocycles. The van der Waals surface area contributed by atoms with Gasteiger partial charge in [-0.15, -0.1) is 0 Å². The molecule has 0 spiro atoms. The number of nitrogens with zero attached hydrogens (tertiary/aromatic N) is 4. The van der Waals surface area contributed by atoms with Crippen LogP contribution in [0.3, 0.4) is 0 Å². The van der Waals surface area contributed by atoms with Crippen molar-refractivity contribution in [3.05, 3.63) is 40.7 Å². The van der Waals surface area contributed by atoms with Crippen LogP contribution in [0.15, 0.2) is 18.2 Å². The molecule has 0 atom stereocenters. The minimum atomic E-state index is 0.0529. The molecule has 1 N–H and O–H groups in total. The first-order valence-electron chi connectivity index (χ1n) is 11.1. The Hall–Kier alpha value is -2.34. The topological polar surface area (TPSA) is 53.4 Å². The molecular formula is C24H37N5O. The smallest absolute Gasteiger partial charge is 0.224 e. The zero-order chi connectivity index (χ0) is 21.8. The van der Waals surface area contributed by atoms with E-state index in [-0.39, 0.29) is 5.91 Å². The SMILES string of the molecule is Cc1cc(NC(=O)CCc2c(C)nn(CC(C)C)c2C)ccc1N1CCN(C)CC1. The lowest BCUT2D eigenvalue weighted by Crippen LogP contribution is -2.44. The number of likely N-dealkylation sites (N-methyl/N-ethyl adjacent to an activating group) is 1. The van der Waals surface area contributed by atoms with Crippen LogP contribution in [0.1, 0.15) is 42.8 Å². The first-order valence-corrected chi connectivity index (χ1v) is 11.1. The third-order valence-electron chi connectivity index (χ3n) is 6.00. The summed E-state index contributed by atoms with van der Waals surface area (Å²) in [6.45, 7) is 15.8. The number of anilines is 2. The number of aromatic nitrogens is 2. The highest BCUT2D eigenvalue weighted by molar-refractivity contribution is 5.91. The predicted molar refractivity (Wildman–Crippen MR) is 124 cm³/mol. The molecule has 0 unspecified atom stereocenters. The van der Waals surface area contributed by atoms with E-state index in [4.69, 9.17) is 0 Å². The normalized spacial score (nSPS) is 15.1. The Balaban J connectivity index is 1.58. The largest absolute Gasteiger partial charge is 0.369 e. The van der Waals surface area contributed by atoms with Gasteiger partial charge in [-0.3, -0.25) is 9.48 Å². The summed E-state index contributed by atoms with van der Waals surface area (Å²) in [7, 11) is 2.17. The lowest BCUT2D eigenvalue weighted by molar-refractivity contribution is -0.116. The molecule has 1 saturated heterocycles. The Morgan fingerprint density at radius 2 is 1.83 bits per heavy atom. The van der Waals surface area contributed by atoms with E-state index in [1.807, 2.05) is 13.0 Å². The van der Waals surface area contributed by atoms with Gasteiger partial charge in [-0.2, -0.15) is 5.10 Å². The average Bonchev–Trinajstić information content (AvgIpc) is 2.93. The zero-order valence-electron chi connectivity index (χ0n) is 19.5. The molecule has 1 fully saturated rings. The van der Waals surface area contributed by atoms with Crippen molar-refractivity contribution >= 4 is 17.3 Å². The summed E-state index contributed by atoms with van der Waals surface area (Å²) >= 11 is 0. The second kappa shape index (κ2) is 9.65. The van der Waals surface area contributed by atoms with Gasteiger partial charge in [0.05, 0.1) is 5.69 Å². The number of hydrogen-bond donors (Lipinski definition) is 1. The maximum atomic E-state index is 12.6. The Bertz CT molecular complexity index is 878. The van der Waals surface area contributed by atoms with Gasteiger partial charge in [0.1, 0.15) is 0 Å². The van der Waals surface area contributed by atoms with E-state index in [9.17, 15) is 4.79 Å². The van der Waals surface area contributed by atoms with Crippen molar-refractivity contribution in [3.8, 4) is 0 Å². The first-order chi connectivity index (χ1) is 14.2. The van der Waals surface area contributed by atoms with Crippen molar-refractivity contribution < 1.29 is 4.79 Å². The highest BCUT2D eigenvalue weighted by Crippen LogP contribution is 2.25. The summed E-state index contributed by atoms with van der Waals surface area (Å²) in [4.78, 5) is 17.4. The van der Waals surface area contributed by atoms with Crippen LogP contribution in [-0.4, -0.2) is 53.8 Å². The summed E-state index contributed by atoms with van der Waals surface area (Å²) in [6.07, 6.45) is 1.19. The Morgan fingerprint density at radius 1 is 1.13 bits per heavy atom. The third kappa shape index (κ3) is 5.42. The van der Waals surface area contributed by atoms with E-state index in [0.717, 1.165) is 50.5 Å². The molecule has 6 nitrogen and oxygen atoms in total. The minimum Gasteiger partial charge on any atom is -0.369 e. The van der Waals surface area contributed by atoms with Crippen LogP contribution < -0.4 is 10.2 Å². The number of carbonyl (C=O) groups excluding carboxylic acids is 1.